The van der Waals surface area contributed by atoms with Gasteiger partial charge in [0, 0.05) is 77.5 Å². The lowest BCUT2D eigenvalue weighted by molar-refractivity contribution is -0.133. The zero-order valence-electron chi connectivity index (χ0n) is 16.2. The van der Waals surface area contributed by atoms with E-state index in [-0.39, 0.29) is 5.91 Å². The van der Waals surface area contributed by atoms with Gasteiger partial charge in [0.15, 0.2) is 0 Å². The molecule has 0 N–H and O–H groups in total. The van der Waals surface area contributed by atoms with Crippen molar-refractivity contribution >= 4 is 11.9 Å². The van der Waals surface area contributed by atoms with Crippen LogP contribution in [0.15, 0.2) is 42.9 Å². The van der Waals surface area contributed by atoms with Gasteiger partial charge in [-0.2, -0.15) is 0 Å². The van der Waals surface area contributed by atoms with Gasteiger partial charge >= 0.3 is 0 Å². The van der Waals surface area contributed by atoms with Crippen molar-refractivity contribution in [2.75, 3.05) is 63.8 Å². The molecule has 0 radical (unpaired) electrons. The Bertz CT molecular complexity index is 742. The predicted octanol–water partition coefficient (Wildman–Crippen LogP) is 0.338. The largest absolute Gasteiger partial charge is 0.338 e. The summed E-state index contributed by atoms with van der Waals surface area (Å²) in [5.41, 5.74) is 1.10. The van der Waals surface area contributed by atoms with Crippen molar-refractivity contribution in [2.24, 2.45) is 0 Å². The topological polar surface area (TPSA) is 68.7 Å². The molecule has 4 heterocycles. The number of rotatable bonds is 5. The second kappa shape index (κ2) is 9.07. The summed E-state index contributed by atoms with van der Waals surface area (Å²) in [6, 6.07) is 7.86. The summed E-state index contributed by atoms with van der Waals surface area (Å²) in [5, 5.41) is 0. The second-order valence-corrected chi connectivity index (χ2v) is 7.29. The van der Waals surface area contributed by atoms with E-state index in [1.807, 2.05) is 29.3 Å². The Kier molecular flexibility index (Phi) is 6.08. The molecule has 148 valence electrons. The minimum absolute atomic E-state index is 0.229. The fourth-order valence-corrected chi connectivity index (χ4v) is 3.73. The summed E-state index contributed by atoms with van der Waals surface area (Å²) in [7, 11) is 0. The van der Waals surface area contributed by atoms with Crippen LogP contribution in [0.4, 0.5) is 5.95 Å². The van der Waals surface area contributed by atoms with Crippen LogP contribution in [0.5, 0.6) is 0 Å². The van der Waals surface area contributed by atoms with Crippen LogP contribution in [-0.4, -0.2) is 94.5 Å². The number of hydrogen-bond acceptors (Lipinski definition) is 7. The maximum absolute atomic E-state index is 12.7. The average molecular weight is 381 g/mol. The highest BCUT2D eigenvalue weighted by atomic mass is 16.2. The first-order valence-corrected chi connectivity index (χ1v) is 9.92. The normalized spacial score (nSPS) is 19.0. The molecule has 2 aliphatic rings. The summed E-state index contributed by atoms with van der Waals surface area (Å²) in [4.78, 5) is 34.5. The summed E-state index contributed by atoms with van der Waals surface area (Å²) < 4.78 is 0. The number of piperazine rings is 2. The summed E-state index contributed by atoms with van der Waals surface area (Å²) >= 11 is 0. The summed E-state index contributed by atoms with van der Waals surface area (Å²) in [6.45, 7) is 8.23. The second-order valence-electron chi connectivity index (χ2n) is 7.29. The van der Waals surface area contributed by atoms with E-state index in [1.165, 1.54) is 0 Å². The van der Waals surface area contributed by atoms with E-state index < -0.39 is 0 Å². The van der Waals surface area contributed by atoms with Crippen molar-refractivity contribution in [1.29, 1.82) is 0 Å². The standard InChI is InChI=1S/C20H27N7O/c28-19(26-12-14-27(15-13-26)20-22-6-3-7-23-20)17-25-10-8-24(9-11-25)16-18-4-1-2-5-21-18/h1-7H,8-17H2. The quantitative estimate of drug-likeness (QED) is 0.740. The van der Waals surface area contributed by atoms with Crippen molar-refractivity contribution in [3.63, 3.8) is 0 Å². The van der Waals surface area contributed by atoms with Gasteiger partial charge in [0.25, 0.3) is 0 Å². The minimum atomic E-state index is 0.229. The molecular formula is C20H27N7O. The number of anilines is 1. The third-order valence-electron chi connectivity index (χ3n) is 5.40. The first-order valence-electron chi connectivity index (χ1n) is 9.92. The maximum atomic E-state index is 12.7. The number of aromatic nitrogens is 3. The molecule has 2 aromatic rings. The lowest BCUT2D eigenvalue weighted by Gasteiger charge is -2.37. The van der Waals surface area contributed by atoms with Crippen LogP contribution in [0, 0.1) is 0 Å². The Labute approximate surface area is 165 Å². The Morgan fingerprint density at radius 2 is 1.46 bits per heavy atom. The Morgan fingerprint density at radius 1 is 0.786 bits per heavy atom. The third kappa shape index (κ3) is 4.82. The fourth-order valence-electron chi connectivity index (χ4n) is 3.73. The third-order valence-corrected chi connectivity index (χ3v) is 5.40. The highest BCUT2D eigenvalue weighted by Crippen LogP contribution is 2.11. The van der Waals surface area contributed by atoms with E-state index in [1.54, 1.807) is 12.4 Å². The van der Waals surface area contributed by atoms with Gasteiger partial charge in [-0.05, 0) is 18.2 Å². The van der Waals surface area contributed by atoms with Crippen molar-refractivity contribution < 1.29 is 4.79 Å². The highest BCUT2D eigenvalue weighted by Gasteiger charge is 2.25. The summed E-state index contributed by atoms with van der Waals surface area (Å²) in [6.07, 6.45) is 5.36. The van der Waals surface area contributed by atoms with Gasteiger partial charge in [0.05, 0.1) is 12.2 Å². The van der Waals surface area contributed by atoms with Gasteiger partial charge < -0.3 is 9.80 Å². The van der Waals surface area contributed by atoms with E-state index in [4.69, 9.17) is 0 Å². The van der Waals surface area contributed by atoms with Gasteiger partial charge in [0.1, 0.15) is 0 Å². The van der Waals surface area contributed by atoms with Gasteiger partial charge in [-0.1, -0.05) is 6.07 Å². The molecule has 8 nitrogen and oxygen atoms in total. The lowest BCUT2D eigenvalue weighted by Crippen LogP contribution is -2.54. The van der Waals surface area contributed by atoms with Crippen LogP contribution in [0.25, 0.3) is 0 Å². The first kappa shape index (κ1) is 18.8. The zero-order valence-corrected chi connectivity index (χ0v) is 16.2. The molecule has 2 aliphatic heterocycles. The maximum Gasteiger partial charge on any atom is 0.236 e. The van der Waals surface area contributed by atoms with Crippen LogP contribution < -0.4 is 4.90 Å². The number of carbonyl (C=O) groups is 1. The molecule has 0 unspecified atom stereocenters. The van der Waals surface area contributed by atoms with E-state index in [2.05, 4.69) is 35.7 Å². The van der Waals surface area contributed by atoms with E-state index >= 15 is 0 Å². The molecular weight excluding hydrogens is 354 g/mol. The highest BCUT2D eigenvalue weighted by molar-refractivity contribution is 5.78. The van der Waals surface area contributed by atoms with E-state index in [9.17, 15) is 4.79 Å². The van der Waals surface area contributed by atoms with E-state index in [0.717, 1.165) is 70.5 Å². The fraction of sp³-hybridized carbons (Fsp3) is 0.500. The molecule has 0 saturated carbocycles. The Morgan fingerprint density at radius 3 is 2.14 bits per heavy atom. The smallest absolute Gasteiger partial charge is 0.236 e. The number of nitrogens with zero attached hydrogens (tertiary/aromatic N) is 7. The van der Waals surface area contributed by atoms with Crippen LogP contribution in [0.2, 0.25) is 0 Å². The molecule has 0 bridgehead atoms. The molecule has 0 atom stereocenters. The first-order chi connectivity index (χ1) is 13.8. The molecule has 0 aromatic carbocycles. The van der Waals surface area contributed by atoms with E-state index in [0.29, 0.717) is 6.54 Å². The molecule has 28 heavy (non-hydrogen) atoms. The number of hydrogen-bond donors (Lipinski definition) is 0. The van der Waals surface area contributed by atoms with Gasteiger partial charge in [-0.25, -0.2) is 9.97 Å². The van der Waals surface area contributed by atoms with Gasteiger partial charge in [-0.15, -0.1) is 0 Å². The molecule has 2 aromatic heterocycles. The monoisotopic (exact) mass is 381 g/mol. The molecule has 2 saturated heterocycles. The van der Waals surface area contributed by atoms with Crippen LogP contribution in [0.1, 0.15) is 5.69 Å². The Balaban J connectivity index is 1.19. The summed E-state index contributed by atoms with van der Waals surface area (Å²) in [5.74, 6) is 0.977. The van der Waals surface area contributed by atoms with Gasteiger partial charge in [0.2, 0.25) is 11.9 Å². The zero-order chi connectivity index (χ0) is 19.2. The minimum Gasteiger partial charge on any atom is -0.338 e. The van der Waals surface area contributed by atoms with Gasteiger partial charge in [-0.3, -0.25) is 19.6 Å². The van der Waals surface area contributed by atoms with Crippen molar-refractivity contribution in [1.82, 2.24) is 29.7 Å². The molecule has 1 amide bonds. The molecule has 8 heteroatoms. The van der Waals surface area contributed by atoms with Crippen LogP contribution in [0.3, 0.4) is 0 Å². The SMILES string of the molecule is O=C(CN1CCN(Cc2ccccn2)CC1)N1CCN(c2ncccn2)CC1. The molecule has 4 rings (SSSR count). The number of amides is 1. The molecule has 0 aliphatic carbocycles. The number of carbonyl (C=O) groups excluding carboxylic acids is 1. The van der Waals surface area contributed by atoms with Crippen molar-refractivity contribution in [3.8, 4) is 0 Å². The lowest BCUT2D eigenvalue weighted by atomic mass is 10.2. The molecule has 2 fully saturated rings. The number of pyridine rings is 1. The average Bonchev–Trinajstić information content (AvgIpc) is 2.76. The predicted molar refractivity (Wildman–Crippen MR) is 107 cm³/mol. The van der Waals surface area contributed by atoms with Crippen molar-refractivity contribution in [2.45, 2.75) is 6.54 Å². The van der Waals surface area contributed by atoms with Crippen molar-refractivity contribution in [3.05, 3.63) is 48.5 Å². The Hall–Kier alpha value is -2.58. The molecule has 0 spiro atoms. The van der Waals surface area contributed by atoms with Crippen LogP contribution >= 0.6 is 0 Å². The van der Waals surface area contributed by atoms with Crippen LogP contribution in [-0.2, 0) is 11.3 Å².